The lowest BCUT2D eigenvalue weighted by molar-refractivity contribution is -0.384. The lowest BCUT2D eigenvalue weighted by Crippen LogP contribution is -2.21. The number of tetrazole rings is 1. The molecular formula is C16H13FN6O3. The number of carbonyl (C=O) groups is 1. The van der Waals surface area contributed by atoms with Gasteiger partial charge in [-0.15, -0.1) is 10.2 Å². The summed E-state index contributed by atoms with van der Waals surface area (Å²) < 4.78 is 13.2. The van der Waals surface area contributed by atoms with E-state index in [4.69, 9.17) is 0 Å². The maximum absolute atomic E-state index is 13.2. The first-order valence-electron chi connectivity index (χ1n) is 7.51. The van der Waals surface area contributed by atoms with Gasteiger partial charge in [-0.05, 0) is 29.8 Å². The molecule has 0 unspecified atom stereocenters. The van der Waals surface area contributed by atoms with Crippen LogP contribution in [0.25, 0.3) is 11.4 Å². The second-order valence-corrected chi connectivity index (χ2v) is 5.46. The molecule has 0 bridgehead atoms. The number of amides is 1. The highest BCUT2D eigenvalue weighted by Gasteiger charge is 2.13. The molecule has 3 rings (SSSR count). The summed E-state index contributed by atoms with van der Waals surface area (Å²) >= 11 is 0. The average Bonchev–Trinajstić information content (AvgIpc) is 3.05. The van der Waals surface area contributed by atoms with Gasteiger partial charge in [-0.2, -0.15) is 4.80 Å². The summed E-state index contributed by atoms with van der Waals surface area (Å²) in [6.45, 7) is 1.47. The minimum absolute atomic E-state index is 0.127. The maximum atomic E-state index is 13.2. The molecule has 0 spiro atoms. The number of halogens is 1. The molecule has 0 saturated heterocycles. The molecule has 1 amide bonds. The van der Waals surface area contributed by atoms with Gasteiger partial charge in [-0.25, -0.2) is 4.39 Å². The minimum Gasteiger partial charge on any atom is -0.324 e. The molecule has 1 N–H and O–H groups in total. The van der Waals surface area contributed by atoms with Crippen LogP contribution in [-0.4, -0.2) is 31.0 Å². The van der Waals surface area contributed by atoms with Gasteiger partial charge in [-0.3, -0.25) is 14.9 Å². The van der Waals surface area contributed by atoms with Crippen molar-refractivity contribution in [2.24, 2.45) is 0 Å². The number of carbonyl (C=O) groups excluding carboxylic acids is 1. The Labute approximate surface area is 146 Å². The maximum Gasteiger partial charge on any atom is 0.271 e. The quantitative estimate of drug-likeness (QED) is 0.554. The Morgan fingerprint density at radius 2 is 2.12 bits per heavy atom. The Morgan fingerprint density at radius 1 is 1.31 bits per heavy atom. The van der Waals surface area contributed by atoms with E-state index >= 15 is 0 Å². The topological polar surface area (TPSA) is 116 Å². The number of hydrogen-bond donors (Lipinski definition) is 1. The Bertz CT molecular complexity index is 988. The second kappa shape index (κ2) is 7.05. The number of rotatable bonds is 5. The largest absolute Gasteiger partial charge is 0.324 e. The third-order valence-electron chi connectivity index (χ3n) is 3.53. The first-order valence-corrected chi connectivity index (χ1v) is 7.51. The lowest BCUT2D eigenvalue weighted by Gasteiger charge is -2.07. The monoisotopic (exact) mass is 356 g/mol. The predicted octanol–water partition coefficient (Wildman–Crippen LogP) is 2.33. The van der Waals surface area contributed by atoms with E-state index in [1.54, 1.807) is 19.1 Å². The van der Waals surface area contributed by atoms with E-state index in [2.05, 4.69) is 20.7 Å². The van der Waals surface area contributed by atoms with Crippen molar-refractivity contribution < 1.29 is 14.1 Å². The van der Waals surface area contributed by atoms with E-state index < -0.39 is 16.6 Å². The Hall–Kier alpha value is -3.69. The molecule has 0 atom stereocenters. The molecule has 3 aromatic rings. The van der Waals surface area contributed by atoms with E-state index in [1.807, 2.05) is 0 Å². The molecule has 0 aliphatic rings. The van der Waals surface area contributed by atoms with E-state index in [-0.39, 0.29) is 18.1 Å². The van der Waals surface area contributed by atoms with E-state index in [9.17, 15) is 19.3 Å². The summed E-state index contributed by atoms with van der Waals surface area (Å²) in [5.41, 5.74) is 1.31. The number of nitrogens with one attached hydrogen (secondary N) is 1. The van der Waals surface area contributed by atoms with E-state index in [1.165, 1.54) is 30.3 Å². The lowest BCUT2D eigenvalue weighted by atomic mass is 10.2. The van der Waals surface area contributed by atoms with Crippen LogP contribution < -0.4 is 5.32 Å². The summed E-state index contributed by atoms with van der Waals surface area (Å²) in [7, 11) is 0. The molecule has 0 aliphatic heterocycles. The van der Waals surface area contributed by atoms with Gasteiger partial charge >= 0.3 is 0 Å². The van der Waals surface area contributed by atoms with Gasteiger partial charge in [0.15, 0.2) is 0 Å². The van der Waals surface area contributed by atoms with Crippen molar-refractivity contribution in [2.75, 3.05) is 5.32 Å². The van der Waals surface area contributed by atoms with Crippen molar-refractivity contribution in [3.05, 3.63) is 64.0 Å². The highest BCUT2D eigenvalue weighted by Crippen LogP contribution is 2.21. The summed E-state index contributed by atoms with van der Waals surface area (Å²) in [5, 5.41) is 25.0. The van der Waals surface area contributed by atoms with Crippen LogP contribution >= 0.6 is 0 Å². The minimum atomic E-state index is -0.542. The zero-order valence-corrected chi connectivity index (χ0v) is 13.6. The summed E-state index contributed by atoms with van der Waals surface area (Å²) in [6.07, 6.45) is 0. The van der Waals surface area contributed by atoms with Crippen LogP contribution in [0.4, 0.5) is 15.8 Å². The standard InChI is InChI=1S/C16H13FN6O3/c1-10-5-6-13(23(25)26)8-14(10)18-15(24)9-22-20-16(19-21-22)11-3-2-4-12(17)7-11/h2-8H,9H2,1H3,(H,18,24). The SMILES string of the molecule is Cc1ccc([N+](=O)[O-])cc1NC(=O)Cn1nnc(-c2cccc(F)c2)n1. The zero-order chi connectivity index (χ0) is 18.7. The normalized spacial score (nSPS) is 10.5. The van der Waals surface area contributed by atoms with Crippen molar-refractivity contribution >= 4 is 17.3 Å². The Morgan fingerprint density at radius 3 is 2.85 bits per heavy atom. The first-order chi connectivity index (χ1) is 12.4. The molecule has 132 valence electrons. The van der Waals surface area contributed by atoms with Gasteiger partial charge in [0, 0.05) is 17.7 Å². The number of aryl methyl sites for hydroxylation is 1. The van der Waals surface area contributed by atoms with Gasteiger partial charge in [0.25, 0.3) is 5.69 Å². The van der Waals surface area contributed by atoms with Gasteiger partial charge in [0.05, 0.1) is 10.6 Å². The van der Waals surface area contributed by atoms with Crippen molar-refractivity contribution in [1.29, 1.82) is 0 Å². The molecule has 0 saturated carbocycles. The summed E-state index contributed by atoms with van der Waals surface area (Å²) in [6, 6.07) is 9.87. The smallest absolute Gasteiger partial charge is 0.271 e. The highest BCUT2D eigenvalue weighted by atomic mass is 19.1. The van der Waals surface area contributed by atoms with E-state index in [0.717, 1.165) is 4.80 Å². The predicted molar refractivity (Wildman–Crippen MR) is 89.7 cm³/mol. The number of nitrogens with zero attached hydrogens (tertiary/aromatic N) is 5. The molecule has 1 heterocycles. The number of nitro benzene ring substituents is 1. The number of anilines is 1. The van der Waals surface area contributed by atoms with Crippen molar-refractivity contribution in [3.63, 3.8) is 0 Å². The third kappa shape index (κ3) is 3.86. The number of aromatic nitrogens is 4. The number of non-ortho nitro benzene ring substituents is 1. The molecule has 0 aliphatic carbocycles. The molecular weight excluding hydrogens is 343 g/mol. The molecule has 1 aromatic heterocycles. The average molecular weight is 356 g/mol. The molecule has 26 heavy (non-hydrogen) atoms. The van der Waals surface area contributed by atoms with Crippen molar-refractivity contribution in [3.8, 4) is 11.4 Å². The number of hydrogen-bond acceptors (Lipinski definition) is 6. The van der Waals surface area contributed by atoms with Gasteiger partial charge in [0.1, 0.15) is 12.4 Å². The highest BCUT2D eigenvalue weighted by molar-refractivity contribution is 5.91. The molecule has 9 nitrogen and oxygen atoms in total. The van der Waals surface area contributed by atoms with Crippen molar-refractivity contribution in [1.82, 2.24) is 20.2 Å². The van der Waals surface area contributed by atoms with E-state index in [0.29, 0.717) is 16.8 Å². The fourth-order valence-electron chi connectivity index (χ4n) is 2.23. The van der Waals surface area contributed by atoms with Crippen LogP contribution in [0, 0.1) is 22.9 Å². The zero-order valence-electron chi connectivity index (χ0n) is 13.6. The molecule has 10 heteroatoms. The van der Waals surface area contributed by atoms with Crippen LogP contribution in [0.15, 0.2) is 42.5 Å². The van der Waals surface area contributed by atoms with Crippen LogP contribution in [0.1, 0.15) is 5.56 Å². The van der Waals surface area contributed by atoms with Gasteiger partial charge < -0.3 is 5.32 Å². The van der Waals surface area contributed by atoms with Crippen LogP contribution in [-0.2, 0) is 11.3 Å². The number of nitro groups is 1. The third-order valence-corrected chi connectivity index (χ3v) is 3.53. The Balaban J connectivity index is 1.71. The van der Waals surface area contributed by atoms with Gasteiger partial charge in [-0.1, -0.05) is 18.2 Å². The molecule has 0 fully saturated rings. The summed E-state index contributed by atoms with van der Waals surface area (Å²) in [5.74, 6) is -0.724. The fourth-order valence-corrected chi connectivity index (χ4v) is 2.23. The Kier molecular flexibility index (Phi) is 4.65. The number of benzene rings is 2. The van der Waals surface area contributed by atoms with Crippen LogP contribution in [0.2, 0.25) is 0 Å². The molecule has 0 radical (unpaired) electrons. The molecule has 2 aromatic carbocycles. The van der Waals surface area contributed by atoms with Crippen LogP contribution in [0.5, 0.6) is 0 Å². The summed E-state index contributed by atoms with van der Waals surface area (Å²) in [4.78, 5) is 23.5. The van der Waals surface area contributed by atoms with Gasteiger partial charge in [0.2, 0.25) is 11.7 Å². The fraction of sp³-hybridized carbons (Fsp3) is 0.125. The first kappa shape index (κ1) is 17.1. The van der Waals surface area contributed by atoms with Crippen LogP contribution in [0.3, 0.4) is 0 Å². The van der Waals surface area contributed by atoms with Crippen molar-refractivity contribution in [2.45, 2.75) is 13.5 Å². The second-order valence-electron chi connectivity index (χ2n) is 5.46.